The number of hydrogen-bond acceptors (Lipinski definition) is 5. The molecular formula is C23H44O5. The lowest BCUT2D eigenvalue weighted by molar-refractivity contribution is -0.161. The lowest BCUT2D eigenvalue weighted by atomic mass is 10.1. The van der Waals surface area contributed by atoms with Gasteiger partial charge < -0.3 is 14.6 Å². The van der Waals surface area contributed by atoms with Gasteiger partial charge in [0.05, 0.1) is 6.61 Å². The van der Waals surface area contributed by atoms with Gasteiger partial charge in [-0.25, -0.2) is 0 Å². The second kappa shape index (κ2) is 20.6. The zero-order valence-corrected chi connectivity index (χ0v) is 18.4. The molecule has 0 heterocycles. The van der Waals surface area contributed by atoms with Gasteiger partial charge in [0.1, 0.15) is 6.61 Å². The number of ether oxygens (including phenoxy) is 2. The van der Waals surface area contributed by atoms with Crippen molar-refractivity contribution < 1.29 is 24.2 Å². The number of aliphatic hydroxyl groups excluding tert-OH is 1. The van der Waals surface area contributed by atoms with Gasteiger partial charge in [0, 0.05) is 12.8 Å². The molecule has 0 aliphatic heterocycles. The zero-order valence-electron chi connectivity index (χ0n) is 18.4. The van der Waals surface area contributed by atoms with Gasteiger partial charge >= 0.3 is 11.9 Å². The molecule has 166 valence electrons. The van der Waals surface area contributed by atoms with Crippen molar-refractivity contribution in [3.63, 3.8) is 0 Å². The van der Waals surface area contributed by atoms with Gasteiger partial charge in [-0.1, -0.05) is 90.9 Å². The molecule has 1 atom stereocenters. The fourth-order valence-electron chi connectivity index (χ4n) is 3.08. The number of esters is 2. The van der Waals surface area contributed by atoms with Crippen molar-refractivity contribution in [3.05, 3.63) is 0 Å². The van der Waals surface area contributed by atoms with Gasteiger partial charge in [-0.3, -0.25) is 9.59 Å². The van der Waals surface area contributed by atoms with Crippen molar-refractivity contribution in [2.45, 2.75) is 123 Å². The fraction of sp³-hybridized carbons (Fsp3) is 0.913. The van der Waals surface area contributed by atoms with Crippen LogP contribution in [0.1, 0.15) is 117 Å². The van der Waals surface area contributed by atoms with Crippen molar-refractivity contribution in [1.82, 2.24) is 0 Å². The van der Waals surface area contributed by atoms with Crippen LogP contribution < -0.4 is 0 Å². The van der Waals surface area contributed by atoms with Gasteiger partial charge in [-0.05, 0) is 12.8 Å². The Bertz CT molecular complexity index is 370. The van der Waals surface area contributed by atoms with Crippen LogP contribution in [0.3, 0.4) is 0 Å². The summed E-state index contributed by atoms with van der Waals surface area (Å²) in [5, 5.41) is 9.33. The standard InChI is InChI=1S/C23H44O5/c1-3-5-7-9-11-13-15-17-22(25)27-20-21(19-24)28-23(26)18-16-14-12-10-8-6-4-2/h21,24H,3-20H2,1-2H3/t21-/m0/s1. The second-order valence-electron chi connectivity index (χ2n) is 7.72. The third-order valence-electron chi connectivity index (χ3n) is 4.90. The Morgan fingerprint density at radius 3 is 1.57 bits per heavy atom. The van der Waals surface area contributed by atoms with Crippen molar-refractivity contribution in [3.8, 4) is 0 Å². The Labute approximate surface area is 172 Å². The molecular weight excluding hydrogens is 356 g/mol. The number of hydrogen-bond donors (Lipinski definition) is 1. The van der Waals surface area contributed by atoms with Crippen LogP contribution in [0.4, 0.5) is 0 Å². The minimum absolute atomic E-state index is 0.0609. The molecule has 0 saturated heterocycles. The van der Waals surface area contributed by atoms with Crippen LogP contribution in [0.5, 0.6) is 0 Å². The molecule has 28 heavy (non-hydrogen) atoms. The lowest BCUT2D eigenvalue weighted by Gasteiger charge is -2.15. The highest BCUT2D eigenvalue weighted by Crippen LogP contribution is 2.11. The maximum absolute atomic E-state index is 11.8. The van der Waals surface area contributed by atoms with E-state index in [4.69, 9.17) is 9.47 Å². The Morgan fingerprint density at radius 2 is 1.11 bits per heavy atom. The molecule has 0 aromatic carbocycles. The predicted octanol–water partition coefficient (Wildman–Crippen LogP) is 5.72. The summed E-state index contributed by atoms with van der Waals surface area (Å²) in [6.07, 6.45) is 16.0. The van der Waals surface area contributed by atoms with Crippen LogP contribution in [0.2, 0.25) is 0 Å². The monoisotopic (exact) mass is 400 g/mol. The summed E-state index contributed by atoms with van der Waals surface area (Å²) in [6.45, 7) is 4.01. The van der Waals surface area contributed by atoms with Gasteiger partial charge in [-0.15, -0.1) is 0 Å². The zero-order chi connectivity index (χ0) is 20.9. The Kier molecular flexibility index (Phi) is 19.8. The van der Waals surface area contributed by atoms with Crippen LogP contribution in [-0.2, 0) is 19.1 Å². The van der Waals surface area contributed by atoms with E-state index >= 15 is 0 Å². The van der Waals surface area contributed by atoms with Crippen LogP contribution in [-0.4, -0.2) is 36.4 Å². The summed E-state index contributed by atoms with van der Waals surface area (Å²) >= 11 is 0. The SMILES string of the molecule is CCCCCCCCCC(=O)OC[C@H](CO)OC(=O)CCCCCCCCC. The van der Waals surface area contributed by atoms with E-state index in [2.05, 4.69) is 13.8 Å². The summed E-state index contributed by atoms with van der Waals surface area (Å²) in [5.74, 6) is -0.606. The van der Waals surface area contributed by atoms with E-state index in [0.29, 0.717) is 12.8 Å². The first-order valence-corrected chi connectivity index (χ1v) is 11.6. The molecule has 0 unspecified atom stereocenters. The summed E-state index contributed by atoms with van der Waals surface area (Å²) in [5.41, 5.74) is 0. The van der Waals surface area contributed by atoms with Gasteiger partial charge in [0.2, 0.25) is 0 Å². The first kappa shape index (κ1) is 26.9. The minimum Gasteiger partial charge on any atom is -0.462 e. The highest BCUT2D eigenvalue weighted by atomic mass is 16.6. The normalized spacial score (nSPS) is 12.0. The first-order chi connectivity index (χ1) is 13.6. The summed E-state index contributed by atoms with van der Waals surface area (Å²) in [4.78, 5) is 23.6. The number of aliphatic hydroxyl groups is 1. The molecule has 0 aliphatic carbocycles. The van der Waals surface area contributed by atoms with Crippen molar-refractivity contribution in [2.75, 3.05) is 13.2 Å². The number of carbonyl (C=O) groups is 2. The molecule has 0 fully saturated rings. The maximum atomic E-state index is 11.8. The molecule has 0 saturated carbocycles. The summed E-state index contributed by atoms with van der Waals surface area (Å²) < 4.78 is 10.4. The van der Waals surface area contributed by atoms with E-state index in [9.17, 15) is 14.7 Å². The number of unbranched alkanes of at least 4 members (excludes halogenated alkanes) is 12. The maximum Gasteiger partial charge on any atom is 0.306 e. The van der Waals surface area contributed by atoms with E-state index in [1.807, 2.05) is 0 Å². The van der Waals surface area contributed by atoms with Gasteiger partial charge in [0.15, 0.2) is 6.10 Å². The lowest BCUT2D eigenvalue weighted by Crippen LogP contribution is -2.28. The van der Waals surface area contributed by atoms with E-state index in [0.717, 1.165) is 38.5 Å². The number of rotatable bonds is 20. The minimum atomic E-state index is -0.755. The molecule has 5 nitrogen and oxygen atoms in total. The first-order valence-electron chi connectivity index (χ1n) is 11.6. The molecule has 0 radical (unpaired) electrons. The fourth-order valence-corrected chi connectivity index (χ4v) is 3.08. The predicted molar refractivity (Wildman–Crippen MR) is 113 cm³/mol. The summed E-state index contributed by atoms with van der Waals surface area (Å²) in [7, 11) is 0. The molecule has 0 bridgehead atoms. The van der Waals surface area contributed by atoms with Crippen LogP contribution in [0.25, 0.3) is 0 Å². The molecule has 5 heteroatoms. The Hall–Kier alpha value is -1.10. The van der Waals surface area contributed by atoms with E-state index in [1.54, 1.807) is 0 Å². The van der Waals surface area contributed by atoms with Gasteiger partial charge in [-0.2, -0.15) is 0 Å². The Balaban J connectivity index is 3.67. The van der Waals surface area contributed by atoms with Crippen LogP contribution in [0, 0.1) is 0 Å². The van der Waals surface area contributed by atoms with Crippen LogP contribution >= 0.6 is 0 Å². The molecule has 0 aliphatic rings. The van der Waals surface area contributed by atoms with Crippen molar-refractivity contribution in [2.24, 2.45) is 0 Å². The molecule has 1 N–H and O–H groups in total. The molecule has 0 amide bonds. The van der Waals surface area contributed by atoms with Crippen LogP contribution in [0.15, 0.2) is 0 Å². The average Bonchev–Trinajstić information content (AvgIpc) is 2.69. The summed E-state index contributed by atoms with van der Waals surface area (Å²) in [6, 6.07) is 0. The average molecular weight is 401 g/mol. The largest absolute Gasteiger partial charge is 0.462 e. The van der Waals surface area contributed by atoms with E-state index < -0.39 is 6.10 Å². The van der Waals surface area contributed by atoms with Crippen molar-refractivity contribution >= 4 is 11.9 Å². The molecule has 0 rings (SSSR count). The second-order valence-corrected chi connectivity index (χ2v) is 7.72. The smallest absolute Gasteiger partial charge is 0.306 e. The van der Waals surface area contributed by atoms with E-state index in [-0.39, 0.29) is 25.2 Å². The third-order valence-corrected chi connectivity index (χ3v) is 4.90. The molecule has 0 aromatic heterocycles. The highest BCUT2D eigenvalue weighted by molar-refractivity contribution is 5.70. The quantitative estimate of drug-likeness (QED) is 0.209. The van der Waals surface area contributed by atoms with Gasteiger partial charge in [0.25, 0.3) is 0 Å². The third kappa shape index (κ3) is 18.3. The number of carbonyl (C=O) groups excluding carboxylic acids is 2. The highest BCUT2D eigenvalue weighted by Gasteiger charge is 2.16. The van der Waals surface area contributed by atoms with Crippen molar-refractivity contribution in [1.29, 1.82) is 0 Å². The topological polar surface area (TPSA) is 72.8 Å². The van der Waals surface area contributed by atoms with E-state index in [1.165, 1.54) is 51.4 Å². The molecule has 0 spiro atoms. The molecule has 0 aromatic rings. The Morgan fingerprint density at radius 1 is 0.679 bits per heavy atom.